The van der Waals surface area contributed by atoms with Gasteiger partial charge in [-0.2, -0.15) is 0 Å². The normalized spacial score (nSPS) is 18.5. The van der Waals surface area contributed by atoms with Gasteiger partial charge in [-0.15, -0.1) is 0 Å². The van der Waals surface area contributed by atoms with E-state index in [-0.39, 0.29) is 11.3 Å². The van der Waals surface area contributed by atoms with E-state index in [0.717, 1.165) is 31.8 Å². The molecule has 0 N–H and O–H groups in total. The first-order valence-electron chi connectivity index (χ1n) is 9.91. The molecule has 0 amide bonds. The maximum absolute atomic E-state index is 10.9. The van der Waals surface area contributed by atoms with Crippen molar-refractivity contribution in [1.29, 1.82) is 0 Å². The molecule has 2 aromatic carbocycles. The van der Waals surface area contributed by atoms with Crippen molar-refractivity contribution in [2.45, 2.75) is 32.8 Å². The summed E-state index contributed by atoms with van der Waals surface area (Å²) in [4.78, 5) is 12.8. The first kappa shape index (κ1) is 22.5. The van der Waals surface area contributed by atoms with Crippen LogP contribution >= 0.6 is 0 Å². The summed E-state index contributed by atoms with van der Waals surface area (Å²) in [5, 5.41) is 10.9. The van der Waals surface area contributed by atoms with Crippen LogP contribution in [-0.2, 0) is 0 Å². The molecule has 1 heterocycles. The maximum Gasteiger partial charge on any atom is 0.273 e. The van der Waals surface area contributed by atoms with Gasteiger partial charge in [0.2, 0.25) is 0 Å². The molecular formula is C22H30N2O5. The second-order valence-corrected chi connectivity index (χ2v) is 6.83. The van der Waals surface area contributed by atoms with Crippen LogP contribution in [-0.4, -0.2) is 48.8 Å². The van der Waals surface area contributed by atoms with Gasteiger partial charge in [0.15, 0.2) is 11.5 Å². The Morgan fingerprint density at radius 3 is 2.52 bits per heavy atom. The average Bonchev–Trinajstić information content (AvgIpc) is 3.11. The molecule has 1 saturated heterocycles. The number of ether oxygens (including phenoxy) is 3. The van der Waals surface area contributed by atoms with Gasteiger partial charge in [-0.25, -0.2) is 0 Å². The van der Waals surface area contributed by atoms with E-state index in [9.17, 15) is 10.1 Å². The predicted octanol–water partition coefficient (Wildman–Crippen LogP) is 4.55. The number of non-ortho nitro benzene ring substituents is 1. The van der Waals surface area contributed by atoms with Crippen molar-refractivity contribution in [3.63, 3.8) is 0 Å². The molecule has 1 aliphatic heterocycles. The Kier molecular flexibility index (Phi) is 8.27. The Hall–Kier alpha value is -2.80. The van der Waals surface area contributed by atoms with Gasteiger partial charge in [0.25, 0.3) is 5.69 Å². The molecular weight excluding hydrogens is 372 g/mol. The van der Waals surface area contributed by atoms with Crippen molar-refractivity contribution in [1.82, 2.24) is 4.90 Å². The third-order valence-electron chi connectivity index (χ3n) is 4.65. The average molecular weight is 402 g/mol. The van der Waals surface area contributed by atoms with Gasteiger partial charge in [-0.1, -0.05) is 32.0 Å². The summed E-state index contributed by atoms with van der Waals surface area (Å²) in [6, 6.07) is 14.2. The summed E-state index contributed by atoms with van der Waals surface area (Å²) in [5.74, 6) is 1.76. The van der Waals surface area contributed by atoms with Gasteiger partial charge in [0.1, 0.15) is 18.0 Å². The van der Waals surface area contributed by atoms with E-state index >= 15 is 0 Å². The van der Waals surface area contributed by atoms with Crippen LogP contribution in [0.3, 0.4) is 0 Å². The highest BCUT2D eigenvalue weighted by Gasteiger charge is 2.36. The Balaban J connectivity index is 0.00000145. The minimum atomic E-state index is -0.446. The Morgan fingerprint density at radius 1 is 1.14 bits per heavy atom. The highest BCUT2D eigenvalue weighted by molar-refractivity contribution is 5.48. The van der Waals surface area contributed by atoms with E-state index in [1.807, 2.05) is 51.1 Å². The van der Waals surface area contributed by atoms with Gasteiger partial charge < -0.3 is 14.2 Å². The van der Waals surface area contributed by atoms with Crippen LogP contribution < -0.4 is 14.2 Å². The number of para-hydroxylation sites is 1. The van der Waals surface area contributed by atoms with E-state index in [1.165, 1.54) is 19.2 Å². The SMILES string of the molecule is CC.COc1cc([N+](=O)[O-])ccc1OC1(C)CCN(CCOc2ccccc2)C1. The Morgan fingerprint density at radius 2 is 1.86 bits per heavy atom. The number of nitro groups is 1. The van der Waals surface area contributed by atoms with Crippen LogP contribution in [0.25, 0.3) is 0 Å². The number of benzene rings is 2. The van der Waals surface area contributed by atoms with E-state index in [2.05, 4.69) is 4.90 Å². The lowest BCUT2D eigenvalue weighted by molar-refractivity contribution is -0.385. The molecule has 7 nitrogen and oxygen atoms in total. The van der Waals surface area contributed by atoms with Crippen LogP contribution in [0.5, 0.6) is 17.2 Å². The first-order valence-corrected chi connectivity index (χ1v) is 9.91. The summed E-state index contributed by atoms with van der Waals surface area (Å²) in [6.07, 6.45) is 0.860. The Labute approximate surface area is 172 Å². The standard InChI is InChI=1S/C20H24N2O5.C2H6/c1-20(27-18-9-8-16(22(23)24)14-19(18)25-2)10-11-21(15-20)12-13-26-17-6-4-3-5-7-17;1-2/h3-9,14H,10-13,15H2,1-2H3;1-2H3. The largest absolute Gasteiger partial charge is 0.493 e. The van der Waals surface area contributed by atoms with E-state index < -0.39 is 4.92 Å². The lowest BCUT2D eigenvalue weighted by Crippen LogP contribution is -2.37. The minimum absolute atomic E-state index is 0.0181. The van der Waals surface area contributed by atoms with Gasteiger partial charge in [-0.05, 0) is 25.1 Å². The molecule has 2 aromatic rings. The molecule has 0 radical (unpaired) electrons. The summed E-state index contributed by atoms with van der Waals surface area (Å²) in [6.45, 7) is 9.13. The molecule has 3 rings (SSSR count). The van der Waals surface area contributed by atoms with Gasteiger partial charge in [0, 0.05) is 32.1 Å². The third-order valence-corrected chi connectivity index (χ3v) is 4.65. The summed E-state index contributed by atoms with van der Waals surface area (Å²) in [7, 11) is 1.48. The van der Waals surface area contributed by atoms with Crippen molar-refractivity contribution in [3.05, 3.63) is 58.6 Å². The summed E-state index contributed by atoms with van der Waals surface area (Å²) >= 11 is 0. The highest BCUT2D eigenvalue weighted by atomic mass is 16.6. The number of methoxy groups -OCH3 is 1. The van der Waals surface area contributed by atoms with E-state index in [4.69, 9.17) is 14.2 Å². The van der Waals surface area contributed by atoms with Crippen LogP contribution in [0.2, 0.25) is 0 Å². The molecule has 0 saturated carbocycles. The van der Waals surface area contributed by atoms with E-state index in [0.29, 0.717) is 18.1 Å². The quantitative estimate of drug-likeness (QED) is 0.476. The zero-order valence-electron chi connectivity index (χ0n) is 17.6. The maximum atomic E-state index is 10.9. The minimum Gasteiger partial charge on any atom is -0.493 e. The van der Waals surface area contributed by atoms with Gasteiger partial charge in [0.05, 0.1) is 18.1 Å². The monoisotopic (exact) mass is 402 g/mol. The number of rotatable bonds is 8. The zero-order chi connectivity index (χ0) is 21.3. The zero-order valence-corrected chi connectivity index (χ0v) is 17.6. The molecule has 0 aliphatic carbocycles. The fourth-order valence-corrected chi connectivity index (χ4v) is 3.23. The molecule has 1 unspecified atom stereocenters. The fraction of sp³-hybridized carbons (Fsp3) is 0.455. The lowest BCUT2D eigenvalue weighted by atomic mass is 10.1. The van der Waals surface area contributed by atoms with E-state index in [1.54, 1.807) is 6.07 Å². The summed E-state index contributed by atoms with van der Waals surface area (Å²) in [5.41, 5.74) is -0.397. The van der Waals surface area contributed by atoms with Crippen LogP contribution in [0, 0.1) is 10.1 Å². The number of likely N-dealkylation sites (tertiary alicyclic amines) is 1. The first-order chi connectivity index (χ1) is 14.0. The second-order valence-electron chi connectivity index (χ2n) is 6.83. The fourth-order valence-electron chi connectivity index (χ4n) is 3.23. The number of nitrogens with zero attached hydrogens (tertiary/aromatic N) is 2. The topological polar surface area (TPSA) is 74.1 Å². The van der Waals surface area contributed by atoms with Crippen molar-refractivity contribution < 1.29 is 19.1 Å². The van der Waals surface area contributed by atoms with Crippen molar-refractivity contribution in [3.8, 4) is 17.2 Å². The molecule has 7 heteroatoms. The van der Waals surface area contributed by atoms with Crippen LogP contribution in [0.15, 0.2) is 48.5 Å². The van der Waals surface area contributed by atoms with Gasteiger partial charge >= 0.3 is 0 Å². The Bertz CT molecular complexity index is 784. The van der Waals surface area contributed by atoms with Crippen LogP contribution in [0.1, 0.15) is 27.2 Å². The molecule has 0 spiro atoms. The van der Waals surface area contributed by atoms with Crippen molar-refractivity contribution in [2.24, 2.45) is 0 Å². The second kappa shape index (κ2) is 10.7. The molecule has 1 aliphatic rings. The smallest absolute Gasteiger partial charge is 0.273 e. The molecule has 0 bridgehead atoms. The summed E-state index contributed by atoms with van der Waals surface area (Å²) < 4.78 is 17.2. The van der Waals surface area contributed by atoms with Gasteiger partial charge in [-0.3, -0.25) is 15.0 Å². The van der Waals surface area contributed by atoms with Crippen LogP contribution in [0.4, 0.5) is 5.69 Å². The predicted molar refractivity (Wildman–Crippen MR) is 113 cm³/mol. The highest BCUT2D eigenvalue weighted by Crippen LogP contribution is 2.36. The number of nitro benzene ring substituents is 1. The molecule has 1 atom stereocenters. The molecule has 1 fully saturated rings. The third kappa shape index (κ3) is 6.35. The lowest BCUT2D eigenvalue weighted by Gasteiger charge is -2.27. The molecule has 29 heavy (non-hydrogen) atoms. The number of hydrogen-bond acceptors (Lipinski definition) is 6. The molecule has 158 valence electrons. The van der Waals surface area contributed by atoms with Crippen molar-refractivity contribution >= 4 is 5.69 Å². The molecule has 0 aromatic heterocycles. The van der Waals surface area contributed by atoms with Crippen molar-refractivity contribution in [2.75, 3.05) is 33.4 Å². The number of hydrogen-bond donors (Lipinski definition) is 0.